The Morgan fingerprint density at radius 1 is 1.05 bits per heavy atom. The quantitative estimate of drug-likeness (QED) is 0.645. The van der Waals surface area contributed by atoms with Crippen LogP contribution in [0.2, 0.25) is 0 Å². The zero-order valence-electron chi connectivity index (χ0n) is 10.6. The average Bonchev–Trinajstić information content (AvgIpc) is 2.40. The highest BCUT2D eigenvalue weighted by Gasteiger charge is 2.11. The Morgan fingerprint density at radius 3 is 2.58 bits per heavy atom. The second kappa shape index (κ2) is 4.38. The highest BCUT2D eigenvalue weighted by molar-refractivity contribution is 9.10. The predicted octanol–water partition coefficient (Wildman–Crippen LogP) is 3.28. The molecule has 96 valence electrons. The molecule has 0 saturated heterocycles. The minimum Gasteiger partial charge on any atom is -0.413 e. The van der Waals surface area contributed by atoms with Gasteiger partial charge in [0.1, 0.15) is 7.11 Å². The standard InChI is InChI=1S/C15H12BrNO2/c1-9-3-6-14-13(7-9)12-8-10(16)4-5-11(12)15(18)17(14)19-2/h3-8H,1-2H3. The lowest BCUT2D eigenvalue weighted by atomic mass is 10.0. The Morgan fingerprint density at radius 2 is 1.84 bits per heavy atom. The van der Waals surface area contributed by atoms with Gasteiger partial charge in [0.15, 0.2) is 0 Å². The van der Waals surface area contributed by atoms with E-state index in [0.29, 0.717) is 5.39 Å². The van der Waals surface area contributed by atoms with E-state index >= 15 is 0 Å². The van der Waals surface area contributed by atoms with Gasteiger partial charge in [0.2, 0.25) is 0 Å². The summed E-state index contributed by atoms with van der Waals surface area (Å²) in [7, 11) is 1.51. The lowest BCUT2D eigenvalue weighted by Gasteiger charge is -2.12. The van der Waals surface area contributed by atoms with E-state index in [1.165, 1.54) is 11.8 Å². The van der Waals surface area contributed by atoms with Gasteiger partial charge in [0, 0.05) is 9.86 Å². The zero-order chi connectivity index (χ0) is 13.6. The Bertz CT molecular complexity index is 852. The second-order valence-corrected chi connectivity index (χ2v) is 5.41. The summed E-state index contributed by atoms with van der Waals surface area (Å²) in [6, 6.07) is 11.6. The number of nitrogens with zero attached hydrogens (tertiary/aromatic N) is 1. The van der Waals surface area contributed by atoms with Gasteiger partial charge in [-0.15, -0.1) is 4.73 Å². The summed E-state index contributed by atoms with van der Waals surface area (Å²) in [5.41, 5.74) is 1.79. The number of hydrogen-bond acceptors (Lipinski definition) is 2. The predicted molar refractivity (Wildman–Crippen MR) is 80.7 cm³/mol. The van der Waals surface area contributed by atoms with Crippen molar-refractivity contribution >= 4 is 37.6 Å². The molecule has 0 aliphatic heterocycles. The molecule has 0 saturated carbocycles. The first-order valence-electron chi connectivity index (χ1n) is 5.91. The van der Waals surface area contributed by atoms with Crippen molar-refractivity contribution in [3.8, 4) is 0 Å². The van der Waals surface area contributed by atoms with Gasteiger partial charge in [0.25, 0.3) is 5.56 Å². The molecule has 0 fully saturated rings. The first-order chi connectivity index (χ1) is 9.11. The molecule has 0 radical (unpaired) electrons. The number of aryl methyl sites for hydroxylation is 1. The first-order valence-corrected chi connectivity index (χ1v) is 6.70. The molecule has 0 spiro atoms. The van der Waals surface area contributed by atoms with E-state index in [4.69, 9.17) is 4.84 Å². The largest absolute Gasteiger partial charge is 0.413 e. The third-order valence-corrected chi connectivity index (χ3v) is 3.73. The van der Waals surface area contributed by atoms with Crippen LogP contribution >= 0.6 is 15.9 Å². The minimum atomic E-state index is -0.138. The van der Waals surface area contributed by atoms with Crippen LogP contribution in [0.4, 0.5) is 0 Å². The highest BCUT2D eigenvalue weighted by Crippen LogP contribution is 2.26. The van der Waals surface area contributed by atoms with E-state index in [1.807, 2.05) is 37.3 Å². The Balaban J connectivity index is 2.66. The molecule has 1 aromatic heterocycles. The molecule has 0 bridgehead atoms. The molecule has 3 rings (SSSR count). The molecule has 3 aromatic rings. The Hall–Kier alpha value is -1.81. The molecular formula is C15H12BrNO2. The fourth-order valence-corrected chi connectivity index (χ4v) is 2.73. The number of aromatic nitrogens is 1. The van der Waals surface area contributed by atoms with Crippen LogP contribution in [0.15, 0.2) is 45.7 Å². The van der Waals surface area contributed by atoms with Crippen molar-refractivity contribution in [1.29, 1.82) is 0 Å². The van der Waals surface area contributed by atoms with Crippen molar-refractivity contribution in [1.82, 2.24) is 4.73 Å². The number of hydrogen-bond donors (Lipinski definition) is 0. The third-order valence-electron chi connectivity index (χ3n) is 3.24. The zero-order valence-corrected chi connectivity index (χ0v) is 12.2. The summed E-state index contributed by atoms with van der Waals surface area (Å²) >= 11 is 3.46. The number of fused-ring (bicyclic) bond motifs is 3. The molecule has 19 heavy (non-hydrogen) atoms. The normalized spacial score (nSPS) is 11.1. The maximum absolute atomic E-state index is 12.4. The second-order valence-electron chi connectivity index (χ2n) is 4.49. The van der Waals surface area contributed by atoms with E-state index < -0.39 is 0 Å². The van der Waals surface area contributed by atoms with Gasteiger partial charge in [-0.25, -0.2) is 0 Å². The molecule has 3 nitrogen and oxygen atoms in total. The van der Waals surface area contributed by atoms with Crippen molar-refractivity contribution in [3.63, 3.8) is 0 Å². The van der Waals surface area contributed by atoms with Gasteiger partial charge in [-0.05, 0) is 42.6 Å². The monoisotopic (exact) mass is 317 g/mol. The van der Waals surface area contributed by atoms with Crippen molar-refractivity contribution in [2.75, 3.05) is 7.11 Å². The van der Waals surface area contributed by atoms with Gasteiger partial charge in [-0.1, -0.05) is 27.6 Å². The van der Waals surface area contributed by atoms with E-state index in [1.54, 1.807) is 0 Å². The topological polar surface area (TPSA) is 31.2 Å². The van der Waals surface area contributed by atoms with Crippen molar-refractivity contribution < 1.29 is 4.84 Å². The van der Waals surface area contributed by atoms with Gasteiger partial charge in [0.05, 0.1) is 10.9 Å². The minimum absolute atomic E-state index is 0.138. The van der Waals surface area contributed by atoms with Crippen LogP contribution in [-0.2, 0) is 0 Å². The van der Waals surface area contributed by atoms with Gasteiger partial charge >= 0.3 is 0 Å². The number of halogens is 1. The number of benzene rings is 2. The van der Waals surface area contributed by atoms with Crippen LogP contribution in [0.1, 0.15) is 5.56 Å². The highest BCUT2D eigenvalue weighted by atomic mass is 79.9. The summed E-state index contributed by atoms with van der Waals surface area (Å²) in [5, 5.41) is 2.60. The van der Waals surface area contributed by atoms with Crippen LogP contribution in [-0.4, -0.2) is 11.8 Å². The van der Waals surface area contributed by atoms with Crippen LogP contribution in [0.25, 0.3) is 21.7 Å². The number of rotatable bonds is 1. The molecular weight excluding hydrogens is 306 g/mol. The molecule has 0 N–H and O–H groups in total. The number of pyridine rings is 1. The summed E-state index contributed by atoms with van der Waals surface area (Å²) < 4.78 is 2.29. The average molecular weight is 318 g/mol. The molecule has 4 heteroatoms. The van der Waals surface area contributed by atoms with Gasteiger partial charge in [-0.3, -0.25) is 4.79 Å². The third kappa shape index (κ3) is 1.83. The Kier molecular flexibility index (Phi) is 2.82. The maximum atomic E-state index is 12.4. The molecule has 0 aliphatic carbocycles. The summed E-state index contributed by atoms with van der Waals surface area (Å²) in [6.07, 6.45) is 0. The van der Waals surface area contributed by atoms with E-state index in [9.17, 15) is 4.79 Å². The summed E-state index contributed by atoms with van der Waals surface area (Å²) in [4.78, 5) is 17.6. The molecule has 1 heterocycles. The van der Waals surface area contributed by atoms with Gasteiger partial charge < -0.3 is 4.84 Å². The van der Waals surface area contributed by atoms with Crippen LogP contribution in [0.5, 0.6) is 0 Å². The van der Waals surface area contributed by atoms with Crippen molar-refractivity contribution in [3.05, 3.63) is 56.8 Å². The summed E-state index contributed by atoms with van der Waals surface area (Å²) in [6.45, 7) is 2.03. The lowest BCUT2D eigenvalue weighted by molar-refractivity contribution is 0.170. The molecule has 0 atom stereocenters. The van der Waals surface area contributed by atoms with Crippen LogP contribution < -0.4 is 10.4 Å². The SMILES string of the molecule is COn1c(=O)c2ccc(Br)cc2c2cc(C)ccc21. The maximum Gasteiger partial charge on any atom is 0.291 e. The van der Waals surface area contributed by atoms with Crippen molar-refractivity contribution in [2.24, 2.45) is 0 Å². The van der Waals surface area contributed by atoms with E-state index in [-0.39, 0.29) is 5.56 Å². The van der Waals surface area contributed by atoms with Crippen LogP contribution in [0.3, 0.4) is 0 Å². The fraction of sp³-hybridized carbons (Fsp3) is 0.133. The van der Waals surface area contributed by atoms with Crippen molar-refractivity contribution in [2.45, 2.75) is 6.92 Å². The molecule has 0 unspecified atom stereocenters. The smallest absolute Gasteiger partial charge is 0.291 e. The first kappa shape index (κ1) is 12.2. The lowest BCUT2D eigenvalue weighted by Crippen LogP contribution is -2.25. The van der Waals surface area contributed by atoms with Crippen LogP contribution in [0, 0.1) is 6.92 Å². The molecule has 0 amide bonds. The molecule has 0 aliphatic rings. The van der Waals surface area contributed by atoms with Gasteiger partial charge in [-0.2, -0.15) is 0 Å². The van der Waals surface area contributed by atoms with E-state index in [2.05, 4.69) is 22.0 Å². The fourth-order valence-electron chi connectivity index (χ4n) is 2.37. The summed E-state index contributed by atoms with van der Waals surface area (Å²) in [5.74, 6) is 0. The van der Waals surface area contributed by atoms with E-state index in [0.717, 1.165) is 26.3 Å². The Labute approximate surface area is 118 Å². The molecule has 2 aromatic carbocycles.